The van der Waals surface area contributed by atoms with Gasteiger partial charge in [0.25, 0.3) is 0 Å². The number of ether oxygens (including phenoxy) is 2. The average Bonchev–Trinajstić information content (AvgIpc) is 3.33. The fourth-order valence-electron chi connectivity index (χ4n) is 6.44. The minimum absolute atomic E-state index is 0.146. The van der Waals surface area contributed by atoms with Gasteiger partial charge >= 0.3 is 11.9 Å². The molecule has 2 aromatic rings. The third-order valence-corrected chi connectivity index (χ3v) is 9.48. The van der Waals surface area contributed by atoms with Gasteiger partial charge in [-0.1, -0.05) is 154 Å². The Morgan fingerprint density at radius 1 is 0.756 bits per heavy atom. The van der Waals surface area contributed by atoms with E-state index in [2.05, 4.69) is 65.8 Å². The molecule has 4 heteroatoms. The van der Waals surface area contributed by atoms with Crippen LogP contribution in [0.4, 0.5) is 0 Å². The Morgan fingerprint density at radius 2 is 1.31 bits per heavy atom. The quantitative estimate of drug-likeness (QED) is 0.0793. The molecule has 4 nitrogen and oxygen atoms in total. The molecular weight excluding hydrogens is 556 g/mol. The van der Waals surface area contributed by atoms with Crippen molar-refractivity contribution in [2.45, 2.75) is 168 Å². The predicted octanol–water partition coefficient (Wildman–Crippen LogP) is 11.4. The minimum Gasteiger partial charge on any atom is -0.466 e. The number of carbonyl (C=O) groups excluding carboxylic acids is 2. The van der Waals surface area contributed by atoms with Crippen molar-refractivity contribution in [2.24, 2.45) is 0 Å². The maximum absolute atomic E-state index is 13.1. The Balaban J connectivity index is 1.34. The molecule has 0 aliphatic carbocycles. The van der Waals surface area contributed by atoms with Crippen LogP contribution in [0.25, 0.3) is 0 Å². The molecule has 0 amide bonds. The molecule has 3 rings (SSSR count). The van der Waals surface area contributed by atoms with Crippen LogP contribution in [0, 0.1) is 13.8 Å². The van der Waals surface area contributed by atoms with E-state index in [1.54, 1.807) is 0 Å². The molecule has 0 saturated heterocycles. The van der Waals surface area contributed by atoms with Crippen molar-refractivity contribution in [3.63, 3.8) is 0 Å². The molecule has 1 aliphatic rings. The number of carbonyl (C=O) groups is 2. The van der Waals surface area contributed by atoms with Crippen LogP contribution in [0.3, 0.4) is 0 Å². The highest BCUT2D eigenvalue weighted by Gasteiger charge is 2.38. The fraction of sp³-hybridized carbons (Fsp3) is 0.659. The Morgan fingerprint density at radius 3 is 1.84 bits per heavy atom. The van der Waals surface area contributed by atoms with Crippen molar-refractivity contribution in [1.82, 2.24) is 0 Å². The second kappa shape index (κ2) is 19.1. The molecule has 0 saturated carbocycles. The zero-order chi connectivity index (χ0) is 32.7. The summed E-state index contributed by atoms with van der Waals surface area (Å²) in [5, 5.41) is 0. The van der Waals surface area contributed by atoms with Crippen LogP contribution < -0.4 is 4.74 Å². The summed E-state index contributed by atoms with van der Waals surface area (Å²) >= 11 is 0. The number of rotatable bonds is 21. The normalized spacial score (nSPS) is 14.4. The standard InChI is InChI=1S/C41H62O4/c1-7-8-9-10-11-12-13-14-15-16-17-18-19-20-21-22-27-44-37(42)26-24-33-29-35-38(34-25-23-31(2)32(3)28-34)40(43)45-39(35)36(30-33)41(4,5)6/h23,25,28-30,38H,7-22,24,26-27H2,1-6H3. The van der Waals surface area contributed by atoms with Crippen LogP contribution >= 0.6 is 0 Å². The summed E-state index contributed by atoms with van der Waals surface area (Å²) in [6.07, 6.45) is 22.2. The van der Waals surface area contributed by atoms with Gasteiger partial charge in [0.2, 0.25) is 0 Å². The van der Waals surface area contributed by atoms with Crippen molar-refractivity contribution >= 4 is 11.9 Å². The summed E-state index contributed by atoms with van der Waals surface area (Å²) in [6.45, 7) is 13.3. The summed E-state index contributed by atoms with van der Waals surface area (Å²) in [7, 11) is 0. The SMILES string of the molecule is CCCCCCCCCCCCCCCCCCOC(=O)CCc1cc2c(c(C(C)(C)C)c1)OC(=O)C2c1ccc(C)c(C)c1. The highest BCUT2D eigenvalue weighted by molar-refractivity contribution is 5.90. The van der Waals surface area contributed by atoms with Gasteiger partial charge in [0.05, 0.1) is 6.61 Å². The van der Waals surface area contributed by atoms with E-state index in [9.17, 15) is 9.59 Å². The second-order valence-electron chi connectivity index (χ2n) is 14.5. The van der Waals surface area contributed by atoms with E-state index >= 15 is 0 Å². The summed E-state index contributed by atoms with van der Waals surface area (Å²) in [5.41, 5.74) is 6.08. The van der Waals surface area contributed by atoms with Crippen LogP contribution in [-0.2, 0) is 26.2 Å². The molecule has 0 radical (unpaired) electrons. The molecule has 45 heavy (non-hydrogen) atoms. The maximum Gasteiger partial charge on any atom is 0.323 e. The Labute approximate surface area is 275 Å². The zero-order valence-corrected chi connectivity index (χ0v) is 29.5. The van der Waals surface area contributed by atoms with Crippen molar-refractivity contribution in [2.75, 3.05) is 6.61 Å². The molecular formula is C41H62O4. The average molecular weight is 619 g/mol. The third-order valence-electron chi connectivity index (χ3n) is 9.48. The lowest BCUT2D eigenvalue weighted by molar-refractivity contribution is -0.143. The van der Waals surface area contributed by atoms with E-state index < -0.39 is 5.92 Å². The predicted molar refractivity (Wildman–Crippen MR) is 187 cm³/mol. The maximum atomic E-state index is 13.1. The summed E-state index contributed by atoms with van der Waals surface area (Å²) in [5.74, 6) is -0.131. The van der Waals surface area contributed by atoms with Gasteiger partial charge in [-0.25, -0.2) is 0 Å². The van der Waals surface area contributed by atoms with Gasteiger partial charge in [-0.2, -0.15) is 0 Å². The molecule has 1 atom stereocenters. The molecule has 250 valence electrons. The summed E-state index contributed by atoms with van der Waals surface area (Å²) in [4.78, 5) is 25.7. The lowest BCUT2D eigenvalue weighted by Gasteiger charge is -2.23. The largest absolute Gasteiger partial charge is 0.466 e. The first-order valence-corrected chi connectivity index (χ1v) is 18.2. The van der Waals surface area contributed by atoms with Gasteiger partial charge in [0.1, 0.15) is 11.7 Å². The van der Waals surface area contributed by atoms with Gasteiger partial charge in [-0.15, -0.1) is 0 Å². The second-order valence-corrected chi connectivity index (χ2v) is 14.5. The smallest absolute Gasteiger partial charge is 0.323 e. The van der Waals surface area contributed by atoms with Gasteiger partial charge < -0.3 is 9.47 Å². The molecule has 2 aromatic carbocycles. The summed E-state index contributed by atoms with van der Waals surface area (Å²) < 4.78 is 11.5. The van der Waals surface area contributed by atoms with Crippen LogP contribution in [-0.4, -0.2) is 18.5 Å². The first-order valence-electron chi connectivity index (χ1n) is 18.2. The van der Waals surface area contributed by atoms with E-state index in [-0.39, 0.29) is 17.4 Å². The molecule has 0 fully saturated rings. The first-order chi connectivity index (χ1) is 21.6. The van der Waals surface area contributed by atoms with Gasteiger partial charge in [0, 0.05) is 17.5 Å². The number of benzene rings is 2. The molecule has 0 spiro atoms. The number of unbranched alkanes of at least 4 members (excludes halogenated alkanes) is 15. The highest BCUT2D eigenvalue weighted by Crippen LogP contribution is 2.46. The van der Waals surface area contributed by atoms with E-state index in [4.69, 9.17) is 9.47 Å². The summed E-state index contributed by atoms with van der Waals surface area (Å²) in [6, 6.07) is 10.4. The molecule has 1 unspecified atom stereocenters. The number of hydrogen-bond acceptors (Lipinski definition) is 4. The topological polar surface area (TPSA) is 52.6 Å². The Hall–Kier alpha value is -2.62. The van der Waals surface area contributed by atoms with Gasteiger partial charge in [0.15, 0.2) is 0 Å². The molecule has 0 N–H and O–H groups in total. The lowest BCUT2D eigenvalue weighted by Crippen LogP contribution is -2.14. The van der Waals surface area contributed by atoms with Crippen molar-refractivity contribution < 1.29 is 19.1 Å². The lowest BCUT2D eigenvalue weighted by atomic mass is 9.81. The molecule has 0 aromatic heterocycles. The molecule has 1 heterocycles. The highest BCUT2D eigenvalue weighted by atomic mass is 16.5. The van der Waals surface area contributed by atoms with Crippen LogP contribution in [0.15, 0.2) is 30.3 Å². The third kappa shape index (κ3) is 12.2. The van der Waals surface area contributed by atoms with E-state index in [1.165, 1.54) is 95.5 Å². The first kappa shape index (κ1) is 36.8. The monoisotopic (exact) mass is 618 g/mol. The number of fused-ring (bicyclic) bond motifs is 1. The van der Waals surface area contributed by atoms with Crippen LogP contribution in [0.1, 0.15) is 176 Å². The van der Waals surface area contributed by atoms with Gasteiger partial charge in [-0.3, -0.25) is 9.59 Å². The fourth-order valence-corrected chi connectivity index (χ4v) is 6.44. The molecule has 1 aliphatic heterocycles. The van der Waals surface area contributed by atoms with Crippen LogP contribution in [0.2, 0.25) is 0 Å². The van der Waals surface area contributed by atoms with Crippen molar-refractivity contribution in [1.29, 1.82) is 0 Å². The van der Waals surface area contributed by atoms with E-state index in [0.29, 0.717) is 25.2 Å². The zero-order valence-electron chi connectivity index (χ0n) is 29.5. The number of aryl methyl sites for hydroxylation is 3. The van der Waals surface area contributed by atoms with Crippen molar-refractivity contribution in [3.8, 4) is 5.75 Å². The van der Waals surface area contributed by atoms with E-state index in [1.807, 2.05) is 6.07 Å². The van der Waals surface area contributed by atoms with Crippen LogP contribution in [0.5, 0.6) is 5.75 Å². The number of esters is 2. The van der Waals surface area contributed by atoms with E-state index in [0.717, 1.165) is 40.7 Å². The van der Waals surface area contributed by atoms with Crippen molar-refractivity contribution in [3.05, 3.63) is 63.7 Å². The Bertz CT molecular complexity index is 1200. The Kier molecular flexibility index (Phi) is 15.7. The minimum atomic E-state index is -0.442. The molecule has 0 bridgehead atoms. The number of hydrogen-bond donors (Lipinski definition) is 0. The van der Waals surface area contributed by atoms with Gasteiger partial charge in [-0.05, 0) is 54.4 Å².